The lowest BCUT2D eigenvalue weighted by atomic mass is 10.1. The summed E-state index contributed by atoms with van der Waals surface area (Å²) in [5, 5.41) is 18.7. The van der Waals surface area contributed by atoms with Crippen molar-refractivity contribution < 1.29 is 29.3 Å². The second kappa shape index (κ2) is 9.23. The SMILES string of the molecule is O=C(CN(CCO)CCO)OCCNN1C(=O)c2ccccc2C1=O. The molecule has 0 bridgehead atoms. The van der Waals surface area contributed by atoms with E-state index in [0.29, 0.717) is 11.1 Å². The lowest BCUT2D eigenvalue weighted by Crippen LogP contribution is -2.44. The van der Waals surface area contributed by atoms with Crippen molar-refractivity contribution in [3.8, 4) is 0 Å². The lowest BCUT2D eigenvalue weighted by Gasteiger charge is -2.19. The fourth-order valence-corrected chi connectivity index (χ4v) is 2.44. The van der Waals surface area contributed by atoms with Crippen LogP contribution in [0.5, 0.6) is 0 Å². The summed E-state index contributed by atoms with van der Waals surface area (Å²) in [6, 6.07) is 6.52. The van der Waals surface area contributed by atoms with Crippen molar-refractivity contribution in [3.05, 3.63) is 35.4 Å². The number of esters is 1. The summed E-state index contributed by atoms with van der Waals surface area (Å²) in [5.74, 6) is -1.40. The Morgan fingerprint density at radius 3 is 2.16 bits per heavy atom. The van der Waals surface area contributed by atoms with Crippen LogP contribution in [0.4, 0.5) is 0 Å². The van der Waals surface area contributed by atoms with Gasteiger partial charge in [-0.15, -0.1) is 0 Å². The number of imide groups is 1. The topological polar surface area (TPSA) is 119 Å². The van der Waals surface area contributed by atoms with Crippen LogP contribution in [-0.4, -0.2) is 83.9 Å². The van der Waals surface area contributed by atoms with Crippen LogP contribution >= 0.6 is 0 Å². The van der Waals surface area contributed by atoms with Crippen LogP contribution in [0.25, 0.3) is 0 Å². The third-order valence-corrected chi connectivity index (χ3v) is 3.61. The quantitative estimate of drug-likeness (QED) is 0.268. The number of rotatable bonds is 10. The number of hydrazine groups is 1. The number of amides is 2. The van der Waals surface area contributed by atoms with Crippen LogP contribution in [-0.2, 0) is 9.53 Å². The highest BCUT2D eigenvalue weighted by Crippen LogP contribution is 2.20. The van der Waals surface area contributed by atoms with E-state index in [4.69, 9.17) is 14.9 Å². The maximum absolute atomic E-state index is 12.1. The van der Waals surface area contributed by atoms with Crippen LogP contribution in [0.1, 0.15) is 20.7 Å². The van der Waals surface area contributed by atoms with Crippen LogP contribution in [0, 0.1) is 0 Å². The molecule has 0 unspecified atom stereocenters. The van der Waals surface area contributed by atoms with Gasteiger partial charge in [0.05, 0.1) is 37.4 Å². The number of carbonyl (C=O) groups excluding carboxylic acids is 3. The van der Waals surface area contributed by atoms with Gasteiger partial charge < -0.3 is 14.9 Å². The number of benzene rings is 1. The summed E-state index contributed by atoms with van der Waals surface area (Å²) in [4.78, 5) is 37.5. The molecule has 0 radical (unpaired) electrons. The normalized spacial score (nSPS) is 13.5. The Kier molecular flexibility index (Phi) is 7.02. The molecule has 1 aliphatic heterocycles. The summed E-state index contributed by atoms with van der Waals surface area (Å²) in [5.41, 5.74) is 3.32. The van der Waals surface area contributed by atoms with Gasteiger partial charge in [0, 0.05) is 13.1 Å². The maximum atomic E-state index is 12.1. The number of carbonyl (C=O) groups is 3. The first-order chi connectivity index (χ1) is 12.1. The summed E-state index contributed by atoms with van der Waals surface area (Å²) < 4.78 is 5.02. The number of nitrogens with zero attached hydrogens (tertiary/aromatic N) is 2. The average Bonchev–Trinajstić information content (AvgIpc) is 2.84. The number of aliphatic hydroxyl groups is 2. The maximum Gasteiger partial charge on any atom is 0.320 e. The molecular formula is C16H21N3O6. The molecule has 0 saturated carbocycles. The van der Waals surface area contributed by atoms with Gasteiger partial charge in [0.25, 0.3) is 11.8 Å². The first-order valence-electron chi connectivity index (χ1n) is 7.89. The van der Waals surface area contributed by atoms with E-state index in [-0.39, 0.29) is 46.0 Å². The van der Waals surface area contributed by atoms with E-state index >= 15 is 0 Å². The van der Waals surface area contributed by atoms with E-state index in [1.165, 1.54) is 0 Å². The summed E-state index contributed by atoms with van der Waals surface area (Å²) in [6.07, 6.45) is 0. The van der Waals surface area contributed by atoms with Crippen molar-refractivity contribution in [1.82, 2.24) is 15.3 Å². The fourth-order valence-electron chi connectivity index (χ4n) is 2.44. The van der Waals surface area contributed by atoms with Gasteiger partial charge in [0.1, 0.15) is 6.61 Å². The third-order valence-electron chi connectivity index (χ3n) is 3.61. The zero-order valence-electron chi connectivity index (χ0n) is 13.7. The Morgan fingerprint density at radius 2 is 1.64 bits per heavy atom. The lowest BCUT2D eigenvalue weighted by molar-refractivity contribution is -0.145. The summed E-state index contributed by atoms with van der Waals surface area (Å²) in [6.45, 7) is 0.249. The molecule has 2 rings (SSSR count). The number of aliphatic hydroxyl groups excluding tert-OH is 2. The highest BCUT2D eigenvalue weighted by Gasteiger charge is 2.35. The van der Waals surface area contributed by atoms with E-state index in [1.54, 1.807) is 29.2 Å². The second-order valence-corrected chi connectivity index (χ2v) is 5.34. The van der Waals surface area contributed by atoms with E-state index < -0.39 is 17.8 Å². The minimum absolute atomic E-state index is 0.0294. The molecule has 1 heterocycles. The molecule has 1 aliphatic rings. The Balaban J connectivity index is 1.74. The highest BCUT2D eigenvalue weighted by molar-refractivity contribution is 6.20. The molecule has 0 spiro atoms. The number of hydrogen-bond acceptors (Lipinski definition) is 8. The first-order valence-corrected chi connectivity index (χ1v) is 7.89. The number of nitrogens with one attached hydrogen (secondary N) is 1. The molecule has 0 aliphatic carbocycles. The average molecular weight is 351 g/mol. The van der Waals surface area contributed by atoms with Gasteiger partial charge in [0.2, 0.25) is 0 Å². The molecule has 0 saturated heterocycles. The molecular weight excluding hydrogens is 330 g/mol. The van der Waals surface area contributed by atoms with Gasteiger partial charge in [-0.2, -0.15) is 0 Å². The Bertz CT molecular complexity index is 595. The van der Waals surface area contributed by atoms with E-state index in [1.807, 2.05) is 0 Å². The van der Waals surface area contributed by atoms with Crippen molar-refractivity contribution in [2.45, 2.75) is 0 Å². The molecule has 9 heteroatoms. The van der Waals surface area contributed by atoms with Crippen molar-refractivity contribution >= 4 is 17.8 Å². The van der Waals surface area contributed by atoms with Crippen molar-refractivity contribution in [2.24, 2.45) is 0 Å². The zero-order valence-corrected chi connectivity index (χ0v) is 13.7. The molecule has 25 heavy (non-hydrogen) atoms. The van der Waals surface area contributed by atoms with Gasteiger partial charge in [-0.1, -0.05) is 12.1 Å². The molecule has 0 atom stereocenters. The van der Waals surface area contributed by atoms with Crippen molar-refractivity contribution in [3.63, 3.8) is 0 Å². The molecule has 0 aromatic heterocycles. The van der Waals surface area contributed by atoms with Gasteiger partial charge in [0.15, 0.2) is 0 Å². The standard InChI is InChI=1S/C16H21N3O6/c20-8-6-18(7-9-21)11-14(22)25-10-5-17-19-15(23)12-3-1-2-4-13(12)16(19)24/h1-4,17,20-21H,5-11H2. The van der Waals surface area contributed by atoms with E-state index in [9.17, 15) is 14.4 Å². The summed E-state index contributed by atoms with van der Waals surface area (Å²) >= 11 is 0. The van der Waals surface area contributed by atoms with Gasteiger partial charge in [-0.05, 0) is 12.1 Å². The number of hydrogen-bond donors (Lipinski definition) is 3. The van der Waals surface area contributed by atoms with Crippen molar-refractivity contribution in [1.29, 1.82) is 0 Å². The van der Waals surface area contributed by atoms with Gasteiger partial charge in [-0.25, -0.2) is 10.4 Å². The van der Waals surface area contributed by atoms with Crippen LogP contribution < -0.4 is 5.43 Å². The molecule has 9 nitrogen and oxygen atoms in total. The summed E-state index contributed by atoms with van der Waals surface area (Å²) in [7, 11) is 0. The van der Waals surface area contributed by atoms with Crippen LogP contribution in [0.15, 0.2) is 24.3 Å². The molecule has 136 valence electrons. The second-order valence-electron chi connectivity index (χ2n) is 5.34. The third kappa shape index (κ3) is 4.83. The highest BCUT2D eigenvalue weighted by atomic mass is 16.5. The number of ether oxygens (including phenoxy) is 1. The number of fused-ring (bicyclic) bond motifs is 1. The molecule has 3 N–H and O–H groups in total. The molecule has 1 aromatic rings. The predicted octanol–water partition coefficient (Wildman–Crippen LogP) is -1.38. The molecule has 2 amide bonds. The smallest absolute Gasteiger partial charge is 0.320 e. The zero-order chi connectivity index (χ0) is 18.2. The molecule has 0 fully saturated rings. The van der Waals surface area contributed by atoms with E-state index in [2.05, 4.69) is 5.43 Å². The van der Waals surface area contributed by atoms with Gasteiger partial charge in [-0.3, -0.25) is 19.3 Å². The Hall–Kier alpha value is -2.33. The minimum Gasteiger partial charge on any atom is -0.463 e. The van der Waals surface area contributed by atoms with Crippen molar-refractivity contribution in [2.75, 3.05) is 46.0 Å². The minimum atomic E-state index is -0.522. The first kappa shape index (κ1) is 19.0. The fraction of sp³-hybridized carbons (Fsp3) is 0.438. The van der Waals surface area contributed by atoms with Crippen LogP contribution in [0.3, 0.4) is 0 Å². The van der Waals surface area contributed by atoms with Crippen LogP contribution in [0.2, 0.25) is 0 Å². The molecule has 1 aromatic carbocycles. The predicted molar refractivity (Wildman–Crippen MR) is 86.5 cm³/mol. The Labute approximate surface area is 144 Å². The van der Waals surface area contributed by atoms with E-state index in [0.717, 1.165) is 5.01 Å². The van der Waals surface area contributed by atoms with Gasteiger partial charge >= 0.3 is 5.97 Å². The Morgan fingerprint density at radius 1 is 1.08 bits per heavy atom. The monoisotopic (exact) mass is 351 g/mol. The largest absolute Gasteiger partial charge is 0.463 e.